The molecular weight excluding hydrogens is 224 g/mol. The predicted molar refractivity (Wildman–Crippen MR) is 66.8 cm³/mol. The highest BCUT2D eigenvalue weighted by Gasteiger charge is 2.32. The summed E-state index contributed by atoms with van der Waals surface area (Å²) in [4.78, 5) is 13.8. The zero-order valence-electron chi connectivity index (χ0n) is 10.5. The van der Waals surface area contributed by atoms with Gasteiger partial charge in [-0.25, -0.2) is 0 Å². The van der Waals surface area contributed by atoms with E-state index in [0.717, 1.165) is 13.0 Å². The van der Waals surface area contributed by atoms with Crippen molar-refractivity contribution in [2.75, 3.05) is 19.3 Å². The maximum absolute atomic E-state index is 12.0. The zero-order valence-corrected chi connectivity index (χ0v) is 11.3. The topological polar surface area (TPSA) is 49.4 Å². The van der Waals surface area contributed by atoms with Crippen LogP contribution in [0.5, 0.6) is 0 Å². The predicted octanol–water partition coefficient (Wildman–Crippen LogP) is 0.352. The van der Waals surface area contributed by atoms with Crippen LogP contribution >= 0.6 is 0 Å². The van der Waals surface area contributed by atoms with E-state index in [1.165, 1.54) is 0 Å². The lowest BCUT2D eigenvalue weighted by Gasteiger charge is -2.20. The Morgan fingerprint density at radius 3 is 2.62 bits per heavy atom. The Balaban J connectivity index is 2.48. The number of nitrogens with zero attached hydrogens (tertiary/aromatic N) is 1. The van der Waals surface area contributed by atoms with Crippen LogP contribution in [0.15, 0.2) is 0 Å². The van der Waals surface area contributed by atoms with Crippen molar-refractivity contribution in [1.82, 2.24) is 10.2 Å². The summed E-state index contributed by atoms with van der Waals surface area (Å²) in [5.41, 5.74) is 0. The highest BCUT2D eigenvalue weighted by atomic mass is 32.2. The minimum absolute atomic E-state index is 0.0440. The van der Waals surface area contributed by atoms with Crippen LogP contribution in [0.1, 0.15) is 27.2 Å². The molecule has 1 heterocycles. The first-order chi connectivity index (χ1) is 7.41. The molecule has 16 heavy (non-hydrogen) atoms. The first-order valence-electron chi connectivity index (χ1n) is 5.79. The standard InChI is InChI=1S/C11H22N2O2S/c1-8(2)12-10-5-6-13(11(10)14)7-9(3)16(4)15/h8-10,12H,5-7H2,1-4H3. The normalized spacial score (nSPS) is 25.2. The van der Waals surface area contributed by atoms with E-state index in [0.29, 0.717) is 12.6 Å². The average Bonchev–Trinajstić information content (AvgIpc) is 2.49. The molecule has 0 saturated carbocycles. The molecule has 0 aromatic heterocycles. The molecule has 0 aliphatic carbocycles. The van der Waals surface area contributed by atoms with Gasteiger partial charge in [0.2, 0.25) is 5.91 Å². The smallest absolute Gasteiger partial charge is 0.239 e. The molecule has 1 rings (SSSR count). The number of hydrogen-bond acceptors (Lipinski definition) is 3. The number of likely N-dealkylation sites (tertiary alicyclic amines) is 1. The maximum atomic E-state index is 12.0. The van der Waals surface area contributed by atoms with E-state index in [1.54, 1.807) is 6.26 Å². The second-order valence-electron chi connectivity index (χ2n) is 4.76. The fourth-order valence-corrected chi connectivity index (χ4v) is 2.28. The number of carbonyl (C=O) groups is 1. The average molecular weight is 246 g/mol. The lowest BCUT2D eigenvalue weighted by atomic mass is 10.2. The molecule has 94 valence electrons. The van der Waals surface area contributed by atoms with Crippen LogP contribution in [-0.4, -0.2) is 51.7 Å². The lowest BCUT2D eigenvalue weighted by Crippen LogP contribution is -2.43. The van der Waals surface area contributed by atoms with Crippen molar-refractivity contribution in [2.45, 2.75) is 44.5 Å². The number of carbonyl (C=O) groups excluding carboxylic acids is 1. The van der Waals surface area contributed by atoms with Gasteiger partial charge in [-0.15, -0.1) is 0 Å². The molecule has 3 unspecified atom stereocenters. The van der Waals surface area contributed by atoms with Gasteiger partial charge in [-0.3, -0.25) is 9.00 Å². The van der Waals surface area contributed by atoms with Crippen molar-refractivity contribution in [3.05, 3.63) is 0 Å². The molecule has 0 spiro atoms. The van der Waals surface area contributed by atoms with Crippen molar-refractivity contribution >= 4 is 16.7 Å². The largest absolute Gasteiger partial charge is 0.340 e. The molecule has 1 fully saturated rings. The van der Waals surface area contributed by atoms with E-state index >= 15 is 0 Å². The minimum Gasteiger partial charge on any atom is -0.340 e. The van der Waals surface area contributed by atoms with Crippen LogP contribution in [0.3, 0.4) is 0 Å². The van der Waals surface area contributed by atoms with Crippen LogP contribution in [0.4, 0.5) is 0 Å². The summed E-state index contributed by atoms with van der Waals surface area (Å²) in [6, 6.07) is 0.282. The Labute approximate surface area is 100 Å². The zero-order chi connectivity index (χ0) is 12.3. The van der Waals surface area contributed by atoms with Gasteiger partial charge in [0.15, 0.2) is 0 Å². The Hall–Kier alpha value is -0.420. The summed E-state index contributed by atoms with van der Waals surface area (Å²) in [6.07, 6.45) is 2.55. The van der Waals surface area contributed by atoms with E-state index in [9.17, 15) is 9.00 Å². The second kappa shape index (κ2) is 5.77. The van der Waals surface area contributed by atoms with Gasteiger partial charge in [0.05, 0.1) is 6.04 Å². The van der Waals surface area contributed by atoms with Crippen molar-refractivity contribution < 1.29 is 9.00 Å². The fraction of sp³-hybridized carbons (Fsp3) is 0.909. The minimum atomic E-state index is -0.858. The van der Waals surface area contributed by atoms with Crippen LogP contribution in [0.25, 0.3) is 0 Å². The number of hydrogen-bond donors (Lipinski definition) is 1. The molecule has 4 nitrogen and oxygen atoms in total. The number of amides is 1. The third kappa shape index (κ3) is 3.56. The molecule has 1 aliphatic heterocycles. The van der Waals surface area contributed by atoms with E-state index in [-0.39, 0.29) is 17.2 Å². The van der Waals surface area contributed by atoms with Crippen LogP contribution in [0, 0.1) is 0 Å². The van der Waals surface area contributed by atoms with Crippen LogP contribution < -0.4 is 5.32 Å². The lowest BCUT2D eigenvalue weighted by molar-refractivity contribution is -0.129. The molecule has 0 radical (unpaired) electrons. The van der Waals surface area contributed by atoms with Crippen molar-refractivity contribution in [1.29, 1.82) is 0 Å². The van der Waals surface area contributed by atoms with Crippen molar-refractivity contribution in [2.24, 2.45) is 0 Å². The summed E-state index contributed by atoms with van der Waals surface area (Å²) >= 11 is 0. The summed E-state index contributed by atoms with van der Waals surface area (Å²) in [5, 5.41) is 3.31. The molecule has 1 N–H and O–H groups in total. The summed E-state index contributed by atoms with van der Waals surface area (Å²) in [7, 11) is -0.858. The summed E-state index contributed by atoms with van der Waals surface area (Å²) in [6.45, 7) is 7.40. The van der Waals surface area contributed by atoms with Gasteiger partial charge in [-0.1, -0.05) is 13.8 Å². The molecule has 0 bridgehead atoms. The van der Waals surface area contributed by atoms with Gasteiger partial charge >= 0.3 is 0 Å². The number of rotatable bonds is 5. The van der Waals surface area contributed by atoms with Gasteiger partial charge in [0.1, 0.15) is 0 Å². The Morgan fingerprint density at radius 2 is 2.12 bits per heavy atom. The molecule has 1 saturated heterocycles. The highest BCUT2D eigenvalue weighted by Crippen LogP contribution is 2.13. The Morgan fingerprint density at radius 1 is 1.50 bits per heavy atom. The van der Waals surface area contributed by atoms with Crippen molar-refractivity contribution in [3.8, 4) is 0 Å². The molecule has 1 amide bonds. The summed E-state index contributed by atoms with van der Waals surface area (Å²) < 4.78 is 11.3. The van der Waals surface area contributed by atoms with Gasteiger partial charge in [-0.05, 0) is 13.3 Å². The Bertz CT molecular complexity index is 281. The van der Waals surface area contributed by atoms with Gasteiger partial charge < -0.3 is 10.2 Å². The van der Waals surface area contributed by atoms with Gasteiger partial charge in [0.25, 0.3) is 0 Å². The Kier molecular flexibility index (Phi) is 4.92. The van der Waals surface area contributed by atoms with Crippen LogP contribution in [0.2, 0.25) is 0 Å². The highest BCUT2D eigenvalue weighted by molar-refractivity contribution is 7.84. The molecule has 0 aromatic rings. The summed E-state index contributed by atoms with van der Waals surface area (Å²) in [5.74, 6) is 0.158. The third-order valence-electron chi connectivity index (χ3n) is 2.88. The second-order valence-corrected chi connectivity index (χ2v) is 6.56. The quantitative estimate of drug-likeness (QED) is 0.761. The molecule has 0 aromatic carbocycles. The molecule has 5 heteroatoms. The molecular formula is C11H22N2O2S. The monoisotopic (exact) mass is 246 g/mol. The number of nitrogens with one attached hydrogen (secondary N) is 1. The molecule has 1 aliphatic rings. The van der Waals surface area contributed by atoms with Crippen LogP contribution in [-0.2, 0) is 15.6 Å². The van der Waals surface area contributed by atoms with E-state index in [4.69, 9.17) is 0 Å². The van der Waals surface area contributed by atoms with E-state index < -0.39 is 10.8 Å². The fourth-order valence-electron chi connectivity index (χ4n) is 1.89. The first-order valence-corrected chi connectivity index (χ1v) is 7.41. The van der Waals surface area contributed by atoms with Crippen molar-refractivity contribution in [3.63, 3.8) is 0 Å². The third-order valence-corrected chi connectivity index (χ3v) is 4.16. The van der Waals surface area contributed by atoms with E-state index in [1.807, 2.05) is 25.7 Å². The van der Waals surface area contributed by atoms with Gasteiger partial charge in [0, 0.05) is 41.4 Å². The first kappa shape index (κ1) is 13.6. The van der Waals surface area contributed by atoms with E-state index in [2.05, 4.69) is 5.32 Å². The van der Waals surface area contributed by atoms with Gasteiger partial charge in [-0.2, -0.15) is 0 Å². The SMILES string of the molecule is CC(C)NC1CCN(CC(C)S(C)=O)C1=O. The molecule has 3 atom stereocenters. The maximum Gasteiger partial charge on any atom is 0.239 e.